The molecule has 26 heavy (non-hydrogen) atoms. The van der Waals surface area contributed by atoms with Crippen LogP contribution in [0.3, 0.4) is 0 Å². The number of nitrogens with zero attached hydrogens (tertiary/aromatic N) is 3. The SMILES string of the molecule is O=C(NCc1ccco1)c1cn2c(n1)C(=O)N(Cc1ccccc1)CC2. The monoisotopic (exact) mass is 350 g/mol. The molecule has 1 aliphatic heterocycles. The van der Waals surface area contributed by atoms with E-state index in [4.69, 9.17) is 4.42 Å². The number of furan rings is 1. The first-order valence-electron chi connectivity index (χ1n) is 8.41. The molecule has 0 saturated heterocycles. The van der Waals surface area contributed by atoms with Gasteiger partial charge in [0.2, 0.25) is 0 Å². The minimum Gasteiger partial charge on any atom is -0.467 e. The number of carbonyl (C=O) groups excluding carboxylic acids is 2. The highest BCUT2D eigenvalue weighted by molar-refractivity contribution is 5.96. The average Bonchev–Trinajstić information content (AvgIpc) is 3.33. The Morgan fingerprint density at radius 1 is 1.15 bits per heavy atom. The second-order valence-electron chi connectivity index (χ2n) is 6.12. The molecule has 0 fully saturated rings. The summed E-state index contributed by atoms with van der Waals surface area (Å²) in [5.74, 6) is 0.471. The van der Waals surface area contributed by atoms with Crippen LogP contribution in [0.25, 0.3) is 0 Å². The second-order valence-corrected chi connectivity index (χ2v) is 6.12. The van der Waals surface area contributed by atoms with E-state index in [1.54, 1.807) is 34.1 Å². The summed E-state index contributed by atoms with van der Waals surface area (Å²) < 4.78 is 6.93. The van der Waals surface area contributed by atoms with Crippen molar-refractivity contribution in [2.75, 3.05) is 6.54 Å². The fourth-order valence-electron chi connectivity index (χ4n) is 2.96. The van der Waals surface area contributed by atoms with Crippen molar-refractivity contribution in [1.82, 2.24) is 19.8 Å². The Morgan fingerprint density at radius 2 is 2.00 bits per heavy atom. The first-order valence-corrected chi connectivity index (χ1v) is 8.41. The lowest BCUT2D eigenvalue weighted by Crippen LogP contribution is -2.39. The number of carbonyl (C=O) groups is 2. The minimum atomic E-state index is -0.328. The molecule has 0 saturated carbocycles. The first-order chi connectivity index (χ1) is 12.7. The standard InChI is InChI=1S/C19H18N4O3/c24-18(20-11-15-7-4-10-26-15)16-13-22-8-9-23(19(25)17(22)21-16)12-14-5-2-1-3-6-14/h1-7,10,13H,8-9,11-12H2,(H,20,24). The van der Waals surface area contributed by atoms with Gasteiger partial charge in [0.25, 0.3) is 11.8 Å². The predicted octanol–water partition coefficient (Wildman–Crippen LogP) is 2.06. The van der Waals surface area contributed by atoms with E-state index < -0.39 is 0 Å². The molecule has 1 aromatic carbocycles. The Kier molecular flexibility index (Phi) is 4.27. The maximum atomic E-state index is 12.7. The first kappa shape index (κ1) is 16.1. The van der Waals surface area contributed by atoms with Crippen LogP contribution in [0.5, 0.6) is 0 Å². The van der Waals surface area contributed by atoms with Crippen molar-refractivity contribution in [2.24, 2.45) is 0 Å². The summed E-state index contributed by atoms with van der Waals surface area (Å²) in [4.78, 5) is 31.0. The highest BCUT2D eigenvalue weighted by atomic mass is 16.3. The molecule has 132 valence electrons. The number of hydrogen-bond donors (Lipinski definition) is 1. The van der Waals surface area contributed by atoms with E-state index in [0.29, 0.717) is 31.2 Å². The van der Waals surface area contributed by atoms with Gasteiger partial charge in [-0.15, -0.1) is 0 Å². The second kappa shape index (κ2) is 6.87. The lowest BCUT2D eigenvalue weighted by Gasteiger charge is -2.27. The number of nitrogens with one attached hydrogen (secondary N) is 1. The summed E-state index contributed by atoms with van der Waals surface area (Å²) in [7, 11) is 0. The highest BCUT2D eigenvalue weighted by Gasteiger charge is 2.28. The summed E-state index contributed by atoms with van der Waals surface area (Å²) in [5.41, 5.74) is 1.30. The molecule has 1 aliphatic rings. The van der Waals surface area contributed by atoms with Crippen LogP contribution in [-0.2, 0) is 19.6 Å². The zero-order valence-corrected chi connectivity index (χ0v) is 14.1. The van der Waals surface area contributed by atoms with Gasteiger partial charge >= 0.3 is 0 Å². The van der Waals surface area contributed by atoms with Crippen LogP contribution in [0.1, 0.15) is 32.4 Å². The zero-order chi connectivity index (χ0) is 17.9. The Balaban J connectivity index is 1.45. The molecule has 0 spiro atoms. The molecule has 7 heteroatoms. The van der Waals surface area contributed by atoms with E-state index in [1.807, 2.05) is 30.3 Å². The van der Waals surface area contributed by atoms with E-state index in [1.165, 1.54) is 0 Å². The van der Waals surface area contributed by atoms with Crippen LogP contribution < -0.4 is 5.32 Å². The molecule has 0 aliphatic carbocycles. The van der Waals surface area contributed by atoms with Gasteiger partial charge in [0.1, 0.15) is 11.5 Å². The van der Waals surface area contributed by atoms with Crippen LogP contribution in [-0.4, -0.2) is 32.8 Å². The molecular weight excluding hydrogens is 332 g/mol. The highest BCUT2D eigenvalue weighted by Crippen LogP contribution is 2.16. The van der Waals surface area contributed by atoms with Crippen molar-refractivity contribution in [1.29, 1.82) is 0 Å². The number of amides is 2. The van der Waals surface area contributed by atoms with Crippen molar-refractivity contribution in [3.63, 3.8) is 0 Å². The van der Waals surface area contributed by atoms with Crippen molar-refractivity contribution in [3.8, 4) is 0 Å². The Hall–Kier alpha value is -3.35. The van der Waals surface area contributed by atoms with E-state index in [0.717, 1.165) is 5.56 Å². The van der Waals surface area contributed by atoms with Crippen molar-refractivity contribution >= 4 is 11.8 Å². The van der Waals surface area contributed by atoms with Crippen LogP contribution in [0.2, 0.25) is 0 Å². The minimum absolute atomic E-state index is 0.162. The van der Waals surface area contributed by atoms with Crippen molar-refractivity contribution in [3.05, 3.63) is 77.8 Å². The van der Waals surface area contributed by atoms with Gasteiger partial charge in [0, 0.05) is 25.8 Å². The fourth-order valence-corrected chi connectivity index (χ4v) is 2.96. The summed E-state index contributed by atoms with van der Waals surface area (Å²) >= 11 is 0. The third-order valence-electron chi connectivity index (χ3n) is 4.32. The number of imidazole rings is 1. The molecule has 0 atom stereocenters. The van der Waals surface area contributed by atoms with Gasteiger partial charge in [-0.25, -0.2) is 4.98 Å². The summed E-state index contributed by atoms with van der Waals surface area (Å²) in [6.07, 6.45) is 3.18. The number of benzene rings is 1. The average molecular weight is 350 g/mol. The van der Waals surface area contributed by atoms with E-state index in [9.17, 15) is 9.59 Å². The van der Waals surface area contributed by atoms with E-state index in [2.05, 4.69) is 10.3 Å². The number of fused-ring (bicyclic) bond motifs is 1. The normalized spacial score (nSPS) is 13.5. The Bertz CT molecular complexity index is 916. The molecule has 7 nitrogen and oxygen atoms in total. The van der Waals surface area contributed by atoms with Crippen LogP contribution in [0.15, 0.2) is 59.3 Å². The third kappa shape index (κ3) is 3.23. The topological polar surface area (TPSA) is 80.4 Å². The van der Waals surface area contributed by atoms with E-state index >= 15 is 0 Å². The maximum Gasteiger partial charge on any atom is 0.290 e. The number of hydrogen-bond acceptors (Lipinski definition) is 4. The lowest BCUT2D eigenvalue weighted by molar-refractivity contribution is 0.0683. The lowest BCUT2D eigenvalue weighted by atomic mass is 10.2. The predicted molar refractivity (Wildman–Crippen MR) is 93.3 cm³/mol. The summed E-state index contributed by atoms with van der Waals surface area (Å²) in [5, 5.41) is 2.74. The number of aromatic nitrogens is 2. The smallest absolute Gasteiger partial charge is 0.290 e. The molecule has 2 aromatic heterocycles. The fraction of sp³-hybridized carbons (Fsp3) is 0.211. The van der Waals surface area contributed by atoms with Crippen LogP contribution in [0, 0.1) is 0 Å². The van der Waals surface area contributed by atoms with Crippen molar-refractivity contribution in [2.45, 2.75) is 19.6 Å². The third-order valence-corrected chi connectivity index (χ3v) is 4.32. The van der Waals surface area contributed by atoms with Gasteiger partial charge in [-0.1, -0.05) is 30.3 Å². The molecular formula is C19H18N4O3. The maximum absolute atomic E-state index is 12.7. The molecule has 3 aromatic rings. The largest absolute Gasteiger partial charge is 0.467 e. The quantitative estimate of drug-likeness (QED) is 0.764. The molecule has 0 radical (unpaired) electrons. The Labute approximate surface area is 150 Å². The van der Waals surface area contributed by atoms with Crippen molar-refractivity contribution < 1.29 is 14.0 Å². The van der Waals surface area contributed by atoms with Gasteiger partial charge in [0.05, 0.1) is 12.8 Å². The molecule has 3 heterocycles. The summed E-state index contributed by atoms with van der Waals surface area (Å²) in [6.45, 7) is 2.02. The molecule has 0 bridgehead atoms. The van der Waals surface area contributed by atoms with Crippen LogP contribution in [0.4, 0.5) is 0 Å². The Morgan fingerprint density at radius 3 is 2.77 bits per heavy atom. The van der Waals surface area contributed by atoms with E-state index in [-0.39, 0.29) is 24.1 Å². The van der Waals surface area contributed by atoms with Crippen LogP contribution >= 0.6 is 0 Å². The van der Waals surface area contributed by atoms with Gasteiger partial charge in [-0.05, 0) is 17.7 Å². The van der Waals surface area contributed by atoms with Gasteiger partial charge in [-0.3, -0.25) is 9.59 Å². The summed E-state index contributed by atoms with van der Waals surface area (Å²) in [6, 6.07) is 13.4. The van der Waals surface area contributed by atoms with Gasteiger partial charge < -0.3 is 19.2 Å². The molecule has 1 N–H and O–H groups in total. The molecule has 2 amide bonds. The molecule has 0 unspecified atom stereocenters. The zero-order valence-electron chi connectivity index (χ0n) is 14.1. The molecule has 4 rings (SSSR count). The number of rotatable bonds is 5. The van der Waals surface area contributed by atoms with Gasteiger partial charge in [-0.2, -0.15) is 0 Å². The van der Waals surface area contributed by atoms with Gasteiger partial charge in [0.15, 0.2) is 5.82 Å².